The van der Waals surface area contributed by atoms with E-state index in [1.54, 1.807) is 6.07 Å². The fraction of sp³-hybridized carbons (Fsp3) is 0.188. The first-order valence-corrected chi connectivity index (χ1v) is 6.38. The molecule has 19 heavy (non-hydrogen) atoms. The average Bonchev–Trinajstić information content (AvgIpc) is 3.00. The van der Waals surface area contributed by atoms with Crippen LogP contribution in [0.3, 0.4) is 0 Å². The number of carbonyl (C=O) groups is 1. The summed E-state index contributed by atoms with van der Waals surface area (Å²) in [4.78, 5) is 10.7. The number of aromatic nitrogens is 1. The second-order valence-corrected chi connectivity index (χ2v) is 4.62. The Bertz CT molecular complexity index is 749. The maximum absolute atomic E-state index is 10.7. The third-order valence-corrected chi connectivity index (χ3v) is 3.45. The van der Waals surface area contributed by atoms with Crippen LogP contribution >= 0.6 is 0 Å². The number of benzene rings is 1. The Kier molecular flexibility index (Phi) is 2.75. The van der Waals surface area contributed by atoms with Crippen molar-refractivity contribution in [2.75, 3.05) is 0 Å². The second kappa shape index (κ2) is 4.43. The summed E-state index contributed by atoms with van der Waals surface area (Å²) in [7, 11) is 0. The lowest BCUT2D eigenvalue weighted by Crippen LogP contribution is -1.95. The van der Waals surface area contributed by atoms with E-state index < -0.39 is 0 Å². The van der Waals surface area contributed by atoms with Gasteiger partial charge < -0.3 is 8.98 Å². The molecular weight excluding hydrogens is 238 g/mol. The summed E-state index contributed by atoms with van der Waals surface area (Å²) in [5.74, 6) is 1.09. The Morgan fingerprint density at radius 3 is 2.74 bits per heavy atom. The third-order valence-electron chi connectivity index (χ3n) is 3.45. The van der Waals surface area contributed by atoms with Crippen LogP contribution < -0.4 is 0 Å². The van der Waals surface area contributed by atoms with E-state index >= 15 is 0 Å². The molecule has 0 radical (unpaired) electrons. The van der Waals surface area contributed by atoms with Crippen molar-refractivity contribution in [3.63, 3.8) is 0 Å². The summed E-state index contributed by atoms with van der Waals surface area (Å²) < 4.78 is 7.73. The van der Waals surface area contributed by atoms with Crippen LogP contribution in [0, 0.1) is 6.92 Å². The molecular formula is C16H15NO2. The molecule has 96 valence electrons. The number of rotatable bonds is 3. The molecule has 2 aromatic heterocycles. The third kappa shape index (κ3) is 1.87. The van der Waals surface area contributed by atoms with Crippen molar-refractivity contribution in [3.05, 3.63) is 47.9 Å². The summed E-state index contributed by atoms with van der Waals surface area (Å²) in [5.41, 5.74) is 3.47. The number of nitrogens with zero attached hydrogens (tertiary/aromatic N) is 1. The van der Waals surface area contributed by atoms with E-state index in [1.165, 1.54) is 16.6 Å². The normalized spacial score (nSPS) is 11.1. The van der Waals surface area contributed by atoms with Crippen molar-refractivity contribution in [2.45, 2.75) is 20.4 Å². The average molecular weight is 253 g/mol. The van der Waals surface area contributed by atoms with Crippen molar-refractivity contribution < 1.29 is 9.21 Å². The number of aryl methyl sites for hydroxylation is 2. The fourth-order valence-electron chi connectivity index (χ4n) is 2.55. The Labute approximate surface area is 111 Å². The maximum Gasteiger partial charge on any atom is 0.185 e. The molecule has 0 saturated heterocycles. The van der Waals surface area contributed by atoms with E-state index in [-0.39, 0.29) is 0 Å². The van der Waals surface area contributed by atoms with E-state index in [9.17, 15) is 4.79 Å². The van der Waals surface area contributed by atoms with Gasteiger partial charge in [0.25, 0.3) is 0 Å². The summed E-state index contributed by atoms with van der Waals surface area (Å²) in [5, 5.41) is 1.20. The van der Waals surface area contributed by atoms with Gasteiger partial charge in [0.2, 0.25) is 0 Å². The zero-order valence-corrected chi connectivity index (χ0v) is 11.0. The minimum atomic E-state index is 0.359. The monoisotopic (exact) mass is 253 g/mol. The van der Waals surface area contributed by atoms with Crippen molar-refractivity contribution in [1.82, 2.24) is 4.57 Å². The van der Waals surface area contributed by atoms with Crippen LogP contribution in [0.2, 0.25) is 0 Å². The molecule has 0 saturated carbocycles. The van der Waals surface area contributed by atoms with Gasteiger partial charge in [0, 0.05) is 28.7 Å². The van der Waals surface area contributed by atoms with Gasteiger partial charge in [-0.2, -0.15) is 0 Å². The van der Waals surface area contributed by atoms with Crippen molar-refractivity contribution in [2.24, 2.45) is 0 Å². The molecule has 1 aromatic carbocycles. The molecule has 0 amide bonds. The van der Waals surface area contributed by atoms with Gasteiger partial charge in [-0.05, 0) is 50.2 Å². The van der Waals surface area contributed by atoms with Gasteiger partial charge >= 0.3 is 0 Å². The van der Waals surface area contributed by atoms with E-state index in [4.69, 9.17) is 4.42 Å². The van der Waals surface area contributed by atoms with E-state index in [1.807, 2.05) is 12.1 Å². The Morgan fingerprint density at radius 1 is 1.21 bits per heavy atom. The first-order valence-electron chi connectivity index (χ1n) is 6.38. The zero-order valence-electron chi connectivity index (χ0n) is 11.0. The second-order valence-electron chi connectivity index (χ2n) is 4.62. The summed E-state index contributed by atoms with van der Waals surface area (Å²) in [6.07, 6.45) is 0.722. The van der Waals surface area contributed by atoms with Gasteiger partial charge in [-0.15, -0.1) is 0 Å². The van der Waals surface area contributed by atoms with Crippen LogP contribution in [-0.2, 0) is 6.54 Å². The molecule has 0 fully saturated rings. The predicted molar refractivity (Wildman–Crippen MR) is 75.4 cm³/mol. The molecule has 0 bridgehead atoms. The highest BCUT2D eigenvalue weighted by Crippen LogP contribution is 2.27. The molecule has 2 heterocycles. The Morgan fingerprint density at radius 2 is 2.05 bits per heavy atom. The largest absolute Gasteiger partial charge is 0.453 e. The van der Waals surface area contributed by atoms with Gasteiger partial charge in [0.15, 0.2) is 12.0 Å². The van der Waals surface area contributed by atoms with Crippen LogP contribution in [-0.4, -0.2) is 10.9 Å². The zero-order chi connectivity index (χ0) is 13.4. The van der Waals surface area contributed by atoms with Crippen LogP contribution in [0.1, 0.15) is 23.2 Å². The number of aldehydes is 1. The first kappa shape index (κ1) is 11.8. The lowest BCUT2D eigenvalue weighted by molar-refractivity contribution is 0.110. The van der Waals surface area contributed by atoms with Gasteiger partial charge in [-0.3, -0.25) is 4.79 Å². The van der Waals surface area contributed by atoms with Gasteiger partial charge in [-0.25, -0.2) is 0 Å². The highest BCUT2D eigenvalue weighted by atomic mass is 16.3. The standard InChI is InChI=1S/C16H15NO2/c1-3-17-11(2)8-13-9-12(4-6-15(13)17)16-7-5-14(10-18)19-16/h4-10H,3H2,1-2H3. The highest BCUT2D eigenvalue weighted by Gasteiger charge is 2.08. The summed E-state index contributed by atoms with van der Waals surface area (Å²) in [6, 6.07) is 11.9. The lowest BCUT2D eigenvalue weighted by Gasteiger charge is -2.04. The molecule has 3 nitrogen and oxygen atoms in total. The van der Waals surface area contributed by atoms with E-state index in [0.29, 0.717) is 5.76 Å². The predicted octanol–water partition coefficient (Wildman–Crippen LogP) is 4.04. The summed E-state index contributed by atoms with van der Waals surface area (Å²) >= 11 is 0. The minimum absolute atomic E-state index is 0.359. The molecule has 0 N–H and O–H groups in total. The van der Waals surface area contributed by atoms with Crippen molar-refractivity contribution >= 4 is 17.2 Å². The number of furan rings is 1. The molecule has 0 unspecified atom stereocenters. The molecule has 0 aliphatic carbocycles. The molecule has 3 rings (SSSR count). The maximum atomic E-state index is 10.7. The smallest absolute Gasteiger partial charge is 0.185 e. The first-order chi connectivity index (χ1) is 9.22. The number of carbonyl (C=O) groups excluding carboxylic acids is 1. The highest BCUT2D eigenvalue weighted by molar-refractivity contribution is 5.86. The minimum Gasteiger partial charge on any atom is -0.453 e. The lowest BCUT2D eigenvalue weighted by atomic mass is 10.1. The van der Waals surface area contributed by atoms with E-state index in [0.717, 1.165) is 24.2 Å². The quantitative estimate of drug-likeness (QED) is 0.660. The van der Waals surface area contributed by atoms with E-state index in [2.05, 4.69) is 36.6 Å². The van der Waals surface area contributed by atoms with Crippen LogP contribution in [0.5, 0.6) is 0 Å². The van der Waals surface area contributed by atoms with Crippen LogP contribution in [0.25, 0.3) is 22.2 Å². The molecule has 3 heteroatoms. The number of hydrogen-bond acceptors (Lipinski definition) is 2. The van der Waals surface area contributed by atoms with Crippen LogP contribution in [0.4, 0.5) is 0 Å². The number of hydrogen-bond donors (Lipinski definition) is 0. The SMILES string of the molecule is CCn1c(C)cc2cc(-c3ccc(C=O)o3)ccc21. The molecule has 0 spiro atoms. The van der Waals surface area contributed by atoms with Gasteiger partial charge in [0.05, 0.1) is 0 Å². The van der Waals surface area contributed by atoms with Crippen LogP contribution in [0.15, 0.2) is 40.8 Å². The molecule has 3 aromatic rings. The summed E-state index contributed by atoms with van der Waals surface area (Å²) in [6.45, 7) is 5.22. The van der Waals surface area contributed by atoms with Crippen molar-refractivity contribution in [3.8, 4) is 11.3 Å². The Balaban J connectivity index is 2.13. The topological polar surface area (TPSA) is 35.1 Å². The fourth-order valence-corrected chi connectivity index (χ4v) is 2.55. The van der Waals surface area contributed by atoms with Gasteiger partial charge in [-0.1, -0.05) is 0 Å². The molecule has 0 aliphatic heterocycles. The van der Waals surface area contributed by atoms with Crippen molar-refractivity contribution in [1.29, 1.82) is 0 Å². The number of fused-ring (bicyclic) bond motifs is 1. The van der Waals surface area contributed by atoms with Gasteiger partial charge in [0.1, 0.15) is 5.76 Å². The molecule has 0 aliphatic rings. The molecule has 0 atom stereocenters. The Hall–Kier alpha value is -2.29.